The predicted molar refractivity (Wildman–Crippen MR) is 80.4 cm³/mol. The van der Waals surface area contributed by atoms with Crippen molar-refractivity contribution in [1.82, 2.24) is 0 Å². The van der Waals surface area contributed by atoms with E-state index in [4.69, 9.17) is 9.47 Å². The van der Waals surface area contributed by atoms with Gasteiger partial charge in [-0.15, -0.1) is 0 Å². The maximum atomic E-state index is 13.8. The third-order valence-corrected chi connectivity index (χ3v) is 3.99. The molecule has 2 unspecified atom stereocenters. The fourth-order valence-electron chi connectivity index (χ4n) is 2.41. The van der Waals surface area contributed by atoms with Gasteiger partial charge in [-0.05, 0) is 33.6 Å². The molecule has 1 saturated heterocycles. The summed E-state index contributed by atoms with van der Waals surface area (Å²) in [6, 6.07) is 0. The second-order valence-electron chi connectivity index (χ2n) is 6.24. The van der Waals surface area contributed by atoms with Crippen LogP contribution in [0.1, 0.15) is 33.6 Å². The number of halogens is 4. The number of benzene rings is 1. The van der Waals surface area contributed by atoms with Gasteiger partial charge in [-0.1, -0.05) is 11.6 Å². The second-order valence-corrected chi connectivity index (χ2v) is 6.24. The van der Waals surface area contributed by atoms with Crippen molar-refractivity contribution in [3.05, 3.63) is 45.0 Å². The molecule has 1 aromatic carbocycles. The van der Waals surface area contributed by atoms with E-state index in [0.29, 0.717) is 6.42 Å². The van der Waals surface area contributed by atoms with Gasteiger partial charge in [0.15, 0.2) is 5.75 Å². The number of nitro groups is 1. The van der Waals surface area contributed by atoms with Crippen LogP contribution in [-0.4, -0.2) is 23.2 Å². The largest absolute Gasteiger partial charge is 0.485 e. The summed E-state index contributed by atoms with van der Waals surface area (Å²) in [7, 11) is 0. The molecule has 1 aliphatic heterocycles. The zero-order valence-electron chi connectivity index (χ0n) is 13.9. The normalized spacial score (nSPS) is 21.8. The van der Waals surface area contributed by atoms with Crippen LogP contribution in [-0.2, 0) is 4.74 Å². The highest BCUT2D eigenvalue weighted by Gasteiger charge is 2.52. The van der Waals surface area contributed by atoms with Crippen LogP contribution in [0.25, 0.3) is 0 Å². The quantitative estimate of drug-likeness (QED) is 0.179. The molecule has 0 bridgehead atoms. The standard InChI is InChI=1S/C16H17F4NO4/c1-8(2)5-4-6-16(3)9(25-16)7-24-15-12(19)10(17)14(21(22)23)11(18)13(15)20/h5,9H,4,6-7H2,1-3H3. The van der Waals surface area contributed by atoms with Crippen LogP contribution in [0, 0.1) is 33.4 Å². The molecule has 1 fully saturated rings. The lowest BCUT2D eigenvalue weighted by molar-refractivity contribution is -0.390. The fraction of sp³-hybridized carbons (Fsp3) is 0.500. The smallest absolute Gasteiger partial charge is 0.346 e. The Kier molecular flexibility index (Phi) is 5.36. The molecule has 1 heterocycles. The monoisotopic (exact) mass is 363 g/mol. The zero-order chi connectivity index (χ0) is 18.9. The summed E-state index contributed by atoms with van der Waals surface area (Å²) in [6.45, 7) is 5.33. The number of rotatable bonds is 7. The Morgan fingerprint density at radius 2 is 1.80 bits per heavy atom. The molecule has 0 saturated carbocycles. The van der Waals surface area contributed by atoms with Gasteiger partial charge in [-0.3, -0.25) is 10.1 Å². The van der Waals surface area contributed by atoms with Gasteiger partial charge in [0.05, 0.1) is 10.5 Å². The number of epoxide rings is 1. The van der Waals surface area contributed by atoms with Crippen molar-refractivity contribution in [3.8, 4) is 5.75 Å². The Bertz CT molecular complexity index is 704. The van der Waals surface area contributed by atoms with Crippen molar-refractivity contribution in [2.24, 2.45) is 0 Å². The van der Waals surface area contributed by atoms with Crippen molar-refractivity contribution >= 4 is 5.69 Å². The number of ether oxygens (including phenoxy) is 2. The summed E-state index contributed by atoms with van der Waals surface area (Å²) in [6.07, 6.45) is 2.88. The first-order valence-corrected chi connectivity index (χ1v) is 7.52. The number of nitro benzene ring substituents is 1. The molecule has 1 aromatic rings. The van der Waals surface area contributed by atoms with Crippen molar-refractivity contribution < 1.29 is 32.0 Å². The SMILES string of the molecule is CC(C)=CCCC1(C)OC1COc1c(F)c(F)c([N+](=O)[O-])c(F)c1F. The third-order valence-electron chi connectivity index (χ3n) is 3.99. The first-order chi connectivity index (χ1) is 11.6. The molecule has 138 valence electrons. The second kappa shape index (κ2) is 6.99. The fourth-order valence-corrected chi connectivity index (χ4v) is 2.41. The molecule has 5 nitrogen and oxygen atoms in total. The number of hydrogen-bond donors (Lipinski definition) is 0. The van der Waals surface area contributed by atoms with E-state index in [-0.39, 0.29) is 6.61 Å². The molecule has 2 rings (SSSR count). The number of allylic oxidation sites excluding steroid dienone is 2. The summed E-state index contributed by atoms with van der Waals surface area (Å²) in [5.41, 5.74) is -1.31. The van der Waals surface area contributed by atoms with E-state index < -0.39 is 51.3 Å². The van der Waals surface area contributed by atoms with E-state index in [0.717, 1.165) is 12.0 Å². The van der Waals surface area contributed by atoms with E-state index in [1.165, 1.54) is 0 Å². The molecular weight excluding hydrogens is 346 g/mol. The minimum absolute atomic E-state index is 0.337. The highest BCUT2D eigenvalue weighted by Crippen LogP contribution is 2.41. The number of nitrogens with zero attached hydrogens (tertiary/aromatic N) is 1. The maximum Gasteiger partial charge on any atom is 0.346 e. The van der Waals surface area contributed by atoms with E-state index in [1.807, 2.05) is 19.9 Å². The molecule has 0 N–H and O–H groups in total. The molecular formula is C16H17F4NO4. The Morgan fingerprint density at radius 1 is 1.24 bits per heavy atom. The molecule has 9 heteroatoms. The van der Waals surface area contributed by atoms with Gasteiger partial charge in [0, 0.05) is 0 Å². The van der Waals surface area contributed by atoms with E-state index >= 15 is 0 Å². The highest BCUT2D eigenvalue weighted by atomic mass is 19.2. The van der Waals surface area contributed by atoms with Gasteiger partial charge in [0.25, 0.3) is 0 Å². The Hall–Kier alpha value is -2.16. The molecule has 25 heavy (non-hydrogen) atoms. The molecule has 2 atom stereocenters. The Labute approximate surface area is 141 Å². The van der Waals surface area contributed by atoms with Crippen molar-refractivity contribution in [1.29, 1.82) is 0 Å². The maximum absolute atomic E-state index is 13.8. The van der Waals surface area contributed by atoms with E-state index in [2.05, 4.69) is 0 Å². The summed E-state index contributed by atoms with van der Waals surface area (Å²) < 4.78 is 64.8. The van der Waals surface area contributed by atoms with Gasteiger partial charge < -0.3 is 9.47 Å². The van der Waals surface area contributed by atoms with Gasteiger partial charge >= 0.3 is 5.69 Å². The average Bonchev–Trinajstić information content (AvgIpc) is 3.15. The summed E-state index contributed by atoms with van der Waals surface area (Å²) in [5, 5.41) is 10.5. The van der Waals surface area contributed by atoms with Gasteiger partial charge in [-0.25, -0.2) is 0 Å². The zero-order valence-corrected chi connectivity index (χ0v) is 13.9. The van der Waals surface area contributed by atoms with Gasteiger partial charge in [-0.2, -0.15) is 17.6 Å². The van der Waals surface area contributed by atoms with E-state index in [9.17, 15) is 27.7 Å². The minimum atomic E-state index is -2.11. The first-order valence-electron chi connectivity index (χ1n) is 7.52. The minimum Gasteiger partial charge on any atom is -0.485 e. The topological polar surface area (TPSA) is 64.9 Å². The summed E-state index contributed by atoms with van der Waals surface area (Å²) in [5.74, 6) is -9.44. The van der Waals surface area contributed by atoms with Crippen LogP contribution in [0.2, 0.25) is 0 Å². The Balaban J connectivity index is 2.08. The lowest BCUT2D eigenvalue weighted by Gasteiger charge is -2.10. The molecule has 1 aliphatic rings. The summed E-state index contributed by atoms with van der Waals surface area (Å²) in [4.78, 5) is 8.96. The average molecular weight is 363 g/mol. The predicted octanol–water partition coefficient (Wildman–Crippen LogP) is 4.43. The molecule has 0 amide bonds. The number of hydrogen-bond acceptors (Lipinski definition) is 4. The molecule has 0 radical (unpaired) electrons. The van der Waals surface area contributed by atoms with Crippen LogP contribution in [0.15, 0.2) is 11.6 Å². The first kappa shape index (κ1) is 19.2. The molecule has 0 aliphatic carbocycles. The lowest BCUT2D eigenvalue weighted by atomic mass is 10.0. The van der Waals surface area contributed by atoms with Gasteiger partial charge in [0.2, 0.25) is 23.3 Å². The third kappa shape index (κ3) is 3.92. The highest BCUT2D eigenvalue weighted by molar-refractivity contribution is 5.42. The molecule has 0 aromatic heterocycles. The van der Waals surface area contributed by atoms with Gasteiger partial charge in [0.1, 0.15) is 12.7 Å². The summed E-state index contributed by atoms with van der Waals surface area (Å²) >= 11 is 0. The van der Waals surface area contributed by atoms with Crippen LogP contribution in [0.4, 0.5) is 23.2 Å². The van der Waals surface area contributed by atoms with Crippen LogP contribution in [0.5, 0.6) is 5.75 Å². The van der Waals surface area contributed by atoms with E-state index in [1.54, 1.807) is 6.92 Å². The van der Waals surface area contributed by atoms with Crippen LogP contribution < -0.4 is 4.74 Å². The van der Waals surface area contributed by atoms with Crippen LogP contribution >= 0.6 is 0 Å². The van der Waals surface area contributed by atoms with Crippen molar-refractivity contribution in [2.75, 3.05) is 6.61 Å². The van der Waals surface area contributed by atoms with Crippen molar-refractivity contribution in [2.45, 2.75) is 45.3 Å². The Morgan fingerprint density at radius 3 is 2.28 bits per heavy atom. The lowest BCUT2D eigenvalue weighted by Crippen LogP contribution is -2.17. The van der Waals surface area contributed by atoms with Crippen LogP contribution in [0.3, 0.4) is 0 Å². The molecule has 0 spiro atoms. The van der Waals surface area contributed by atoms with Crippen molar-refractivity contribution in [3.63, 3.8) is 0 Å².